The smallest absolute Gasteiger partial charge is 0.191 e. The van der Waals surface area contributed by atoms with E-state index in [1.165, 1.54) is 11.1 Å². The van der Waals surface area contributed by atoms with Crippen LogP contribution in [0.1, 0.15) is 43.7 Å². The van der Waals surface area contributed by atoms with Gasteiger partial charge in [0.1, 0.15) is 0 Å². The number of hydrogen-bond acceptors (Lipinski definition) is 2. The number of aliphatic hydroxyl groups excluding tert-OH is 1. The fourth-order valence-electron chi connectivity index (χ4n) is 2.71. The first kappa shape index (κ1) is 19.2. The van der Waals surface area contributed by atoms with E-state index in [1.807, 2.05) is 0 Å². The van der Waals surface area contributed by atoms with Gasteiger partial charge < -0.3 is 15.7 Å². The molecule has 0 amide bonds. The van der Waals surface area contributed by atoms with E-state index in [-0.39, 0.29) is 30.1 Å². The van der Waals surface area contributed by atoms with Crippen LogP contribution in [0.25, 0.3) is 0 Å². The molecular weight excluding hydrogens is 389 g/mol. The fourth-order valence-corrected chi connectivity index (χ4v) is 2.71. The molecule has 1 saturated carbocycles. The van der Waals surface area contributed by atoms with Gasteiger partial charge in [-0.1, -0.05) is 29.8 Å². The van der Waals surface area contributed by atoms with Gasteiger partial charge in [0, 0.05) is 12.6 Å². The maximum atomic E-state index is 9.57. The fraction of sp³-hybridized carbons (Fsp3) is 0.588. The molecule has 3 N–H and O–H groups in total. The van der Waals surface area contributed by atoms with Crippen molar-refractivity contribution >= 4 is 29.9 Å². The minimum Gasteiger partial charge on any atom is -0.393 e. The molecule has 1 fully saturated rings. The number of halogens is 1. The zero-order valence-corrected chi connectivity index (χ0v) is 15.8. The summed E-state index contributed by atoms with van der Waals surface area (Å²) < 4.78 is 0. The maximum Gasteiger partial charge on any atom is 0.191 e. The zero-order chi connectivity index (χ0) is 15.1. The zero-order valence-electron chi connectivity index (χ0n) is 13.5. The van der Waals surface area contributed by atoms with Gasteiger partial charge in [0.15, 0.2) is 5.96 Å². The molecule has 1 aromatic carbocycles. The summed E-state index contributed by atoms with van der Waals surface area (Å²) in [7, 11) is 0. The van der Waals surface area contributed by atoms with Crippen molar-refractivity contribution in [1.29, 1.82) is 0 Å². The maximum absolute atomic E-state index is 9.57. The van der Waals surface area contributed by atoms with E-state index in [0.717, 1.165) is 38.2 Å². The highest BCUT2D eigenvalue weighted by Gasteiger charge is 2.19. The Morgan fingerprint density at radius 3 is 2.64 bits per heavy atom. The van der Waals surface area contributed by atoms with E-state index in [0.29, 0.717) is 12.6 Å². The second-order valence-corrected chi connectivity index (χ2v) is 5.83. The molecule has 1 aliphatic carbocycles. The lowest BCUT2D eigenvalue weighted by Gasteiger charge is -2.27. The molecule has 0 bridgehead atoms. The molecule has 0 atom stereocenters. The van der Waals surface area contributed by atoms with E-state index in [2.05, 4.69) is 53.7 Å². The first-order valence-electron chi connectivity index (χ1n) is 7.96. The van der Waals surface area contributed by atoms with Crippen molar-refractivity contribution in [2.75, 3.05) is 6.54 Å². The Bertz CT molecular complexity index is 471. The van der Waals surface area contributed by atoms with Gasteiger partial charge in [-0.3, -0.25) is 0 Å². The third-order valence-corrected chi connectivity index (χ3v) is 3.88. The Hall–Kier alpha value is -0.820. The van der Waals surface area contributed by atoms with Gasteiger partial charge in [-0.05, 0) is 45.1 Å². The lowest BCUT2D eigenvalue weighted by molar-refractivity contribution is 0.120. The van der Waals surface area contributed by atoms with E-state index < -0.39 is 0 Å². The Morgan fingerprint density at radius 1 is 1.27 bits per heavy atom. The molecule has 0 aliphatic heterocycles. The van der Waals surface area contributed by atoms with Crippen LogP contribution in [0, 0.1) is 6.92 Å². The molecule has 0 spiro atoms. The van der Waals surface area contributed by atoms with Crippen molar-refractivity contribution in [3.8, 4) is 0 Å². The molecule has 1 aliphatic rings. The Kier molecular flexibility index (Phi) is 8.78. The Labute approximate surface area is 150 Å². The van der Waals surface area contributed by atoms with Crippen molar-refractivity contribution in [1.82, 2.24) is 10.6 Å². The molecule has 124 valence electrons. The Morgan fingerprint density at radius 2 is 2.00 bits per heavy atom. The molecular formula is C17H28IN3O. The van der Waals surface area contributed by atoms with Gasteiger partial charge in [0.25, 0.3) is 0 Å². The van der Waals surface area contributed by atoms with Gasteiger partial charge in [-0.2, -0.15) is 0 Å². The number of aliphatic hydroxyl groups is 1. The quantitative estimate of drug-likeness (QED) is 0.401. The van der Waals surface area contributed by atoms with E-state index in [9.17, 15) is 5.11 Å². The number of nitrogens with zero attached hydrogens (tertiary/aromatic N) is 1. The van der Waals surface area contributed by atoms with Crippen LogP contribution in [0.4, 0.5) is 0 Å². The van der Waals surface area contributed by atoms with Gasteiger partial charge in [0.05, 0.1) is 12.6 Å². The van der Waals surface area contributed by atoms with Crippen LogP contribution < -0.4 is 10.6 Å². The minimum absolute atomic E-state index is 0. The largest absolute Gasteiger partial charge is 0.393 e. The molecule has 0 radical (unpaired) electrons. The summed E-state index contributed by atoms with van der Waals surface area (Å²) in [6, 6.07) is 8.87. The average molecular weight is 417 g/mol. The average Bonchev–Trinajstić information content (AvgIpc) is 2.47. The molecule has 0 aromatic heterocycles. The number of benzene rings is 1. The normalized spacial score (nSPS) is 21.9. The topological polar surface area (TPSA) is 56.7 Å². The molecule has 4 nitrogen and oxygen atoms in total. The molecule has 1 aromatic rings. The van der Waals surface area contributed by atoms with Crippen LogP contribution in [-0.4, -0.2) is 29.8 Å². The first-order valence-corrected chi connectivity index (χ1v) is 7.96. The van der Waals surface area contributed by atoms with Crippen LogP contribution in [0.3, 0.4) is 0 Å². The van der Waals surface area contributed by atoms with Crippen molar-refractivity contribution in [2.45, 2.75) is 58.2 Å². The number of aryl methyl sites for hydroxylation is 1. The minimum atomic E-state index is -0.116. The van der Waals surface area contributed by atoms with Crippen molar-refractivity contribution in [3.63, 3.8) is 0 Å². The summed E-state index contributed by atoms with van der Waals surface area (Å²) in [5.41, 5.74) is 2.49. The van der Waals surface area contributed by atoms with Gasteiger partial charge in [0.2, 0.25) is 0 Å². The predicted molar refractivity (Wildman–Crippen MR) is 103 cm³/mol. The predicted octanol–water partition coefficient (Wildman–Crippen LogP) is 2.97. The third kappa shape index (κ3) is 6.52. The van der Waals surface area contributed by atoms with Crippen LogP contribution in [0.15, 0.2) is 29.3 Å². The first-order chi connectivity index (χ1) is 10.2. The summed E-state index contributed by atoms with van der Waals surface area (Å²) in [6.45, 7) is 5.72. The molecule has 0 saturated heterocycles. The van der Waals surface area contributed by atoms with Crippen molar-refractivity contribution in [2.24, 2.45) is 4.99 Å². The summed E-state index contributed by atoms with van der Waals surface area (Å²) in [5, 5.41) is 16.4. The molecule has 5 heteroatoms. The summed E-state index contributed by atoms with van der Waals surface area (Å²) in [4.78, 5) is 4.67. The molecule has 0 heterocycles. The van der Waals surface area contributed by atoms with Crippen LogP contribution in [-0.2, 0) is 6.54 Å². The number of hydrogen-bond donors (Lipinski definition) is 3. The summed E-state index contributed by atoms with van der Waals surface area (Å²) >= 11 is 0. The highest BCUT2D eigenvalue weighted by molar-refractivity contribution is 14.0. The molecule has 2 rings (SSSR count). The van der Waals surface area contributed by atoms with Crippen LogP contribution >= 0.6 is 24.0 Å². The van der Waals surface area contributed by atoms with E-state index in [1.54, 1.807) is 0 Å². The lowest BCUT2D eigenvalue weighted by Crippen LogP contribution is -2.45. The number of rotatable bonds is 4. The van der Waals surface area contributed by atoms with E-state index in [4.69, 9.17) is 0 Å². The second kappa shape index (κ2) is 10.0. The number of aliphatic imine (C=N–C) groups is 1. The van der Waals surface area contributed by atoms with Crippen molar-refractivity contribution < 1.29 is 5.11 Å². The van der Waals surface area contributed by atoms with Crippen molar-refractivity contribution in [3.05, 3.63) is 35.4 Å². The second-order valence-electron chi connectivity index (χ2n) is 5.83. The van der Waals surface area contributed by atoms with Gasteiger partial charge in [-0.15, -0.1) is 24.0 Å². The SMILES string of the molecule is CCNC(=NCc1cccc(C)c1)NC1CCC(O)CC1.I. The third-order valence-electron chi connectivity index (χ3n) is 3.88. The highest BCUT2D eigenvalue weighted by atomic mass is 127. The van der Waals surface area contributed by atoms with Crippen LogP contribution in [0.5, 0.6) is 0 Å². The lowest BCUT2D eigenvalue weighted by atomic mass is 9.93. The molecule has 22 heavy (non-hydrogen) atoms. The van der Waals surface area contributed by atoms with Gasteiger partial charge in [-0.25, -0.2) is 4.99 Å². The highest BCUT2D eigenvalue weighted by Crippen LogP contribution is 2.18. The van der Waals surface area contributed by atoms with Crippen LogP contribution in [0.2, 0.25) is 0 Å². The number of nitrogens with one attached hydrogen (secondary N) is 2. The summed E-state index contributed by atoms with van der Waals surface area (Å²) in [6.07, 6.45) is 3.67. The van der Waals surface area contributed by atoms with Gasteiger partial charge >= 0.3 is 0 Å². The van der Waals surface area contributed by atoms with E-state index >= 15 is 0 Å². The molecule has 0 unspecified atom stereocenters. The Balaban J connectivity index is 0.00000242. The monoisotopic (exact) mass is 417 g/mol. The summed E-state index contributed by atoms with van der Waals surface area (Å²) in [5.74, 6) is 0.875. The standard InChI is InChI=1S/C17H27N3O.HI/c1-3-18-17(20-15-7-9-16(21)10-8-15)19-12-14-6-4-5-13(2)11-14;/h4-6,11,15-16,21H,3,7-10,12H2,1-2H3,(H2,18,19,20);1H. The number of guanidine groups is 1.